The van der Waals surface area contributed by atoms with Crippen LogP contribution in [0.1, 0.15) is 35.3 Å². The van der Waals surface area contributed by atoms with Gasteiger partial charge in [0.2, 0.25) is 15.9 Å². The predicted octanol–water partition coefficient (Wildman–Crippen LogP) is 2.41. The molecule has 9 heteroatoms. The van der Waals surface area contributed by atoms with Gasteiger partial charge < -0.3 is 15.7 Å². The molecule has 2 amide bonds. The molecule has 0 heterocycles. The van der Waals surface area contributed by atoms with Crippen molar-refractivity contribution in [2.24, 2.45) is 0 Å². The number of hydrogen-bond donors (Lipinski definition) is 3. The number of nitrogens with zero attached hydrogens (tertiary/aromatic N) is 1. The van der Waals surface area contributed by atoms with Crippen LogP contribution >= 0.6 is 0 Å². The van der Waals surface area contributed by atoms with Crippen LogP contribution in [0.25, 0.3) is 0 Å². The number of aromatic hydroxyl groups is 1. The molecule has 0 saturated carbocycles. The molecular formula is C21H27N3O5S. The molecule has 0 aliphatic heterocycles. The van der Waals surface area contributed by atoms with Gasteiger partial charge in [0.05, 0.1) is 17.1 Å². The molecule has 162 valence electrons. The highest BCUT2D eigenvalue weighted by atomic mass is 32.2. The first-order chi connectivity index (χ1) is 14.1. The number of anilines is 1. The standard InChI is InChI=1S/C21H27N3O5S/c1-5-24(6-2)30(28,29)17-7-8-19(25)18(12-17)23-20(26)13-22-21(27)16-10-14(3)9-15(4)11-16/h7-12,25H,5-6,13H2,1-4H3,(H,22,27)(H,23,26). The lowest BCUT2D eigenvalue weighted by atomic mass is 10.1. The van der Waals surface area contributed by atoms with Crippen molar-refractivity contribution in [3.8, 4) is 5.75 Å². The van der Waals surface area contributed by atoms with Crippen molar-refractivity contribution in [2.75, 3.05) is 25.0 Å². The summed E-state index contributed by atoms with van der Waals surface area (Å²) >= 11 is 0. The molecule has 3 N–H and O–H groups in total. The van der Waals surface area contributed by atoms with Gasteiger partial charge in [0.1, 0.15) is 5.75 Å². The molecule has 0 spiro atoms. The van der Waals surface area contributed by atoms with Crippen molar-refractivity contribution in [1.82, 2.24) is 9.62 Å². The van der Waals surface area contributed by atoms with E-state index in [0.717, 1.165) is 11.1 Å². The van der Waals surface area contributed by atoms with Crippen molar-refractivity contribution in [1.29, 1.82) is 0 Å². The van der Waals surface area contributed by atoms with Gasteiger partial charge in [-0.25, -0.2) is 8.42 Å². The number of rotatable bonds is 8. The number of benzene rings is 2. The van der Waals surface area contributed by atoms with Crippen LogP contribution in [0.4, 0.5) is 5.69 Å². The minimum absolute atomic E-state index is 0.0430. The molecule has 0 unspecified atom stereocenters. The Kier molecular flexibility index (Phi) is 7.58. The zero-order valence-corrected chi connectivity index (χ0v) is 18.3. The molecule has 2 rings (SSSR count). The van der Waals surface area contributed by atoms with Crippen LogP contribution in [-0.2, 0) is 14.8 Å². The van der Waals surface area contributed by atoms with Gasteiger partial charge in [-0.3, -0.25) is 9.59 Å². The van der Waals surface area contributed by atoms with Crippen LogP contribution in [0.15, 0.2) is 41.3 Å². The fraction of sp³-hybridized carbons (Fsp3) is 0.333. The molecule has 0 atom stereocenters. The summed E-state index contributed by atoms with van der Waals surface area (Å²) in [6, 6.07) is 9.06. The molecule has 30 heavy (non-hydrogen) atoms. The monoisotopic (exact) mass is 433 g/mol. The minimum Gasteiger partial charge on any atom is -0.506 e. The summed E-state index contributed by atoms with van der Waals surface area (Å²) in [7, 11) is -3.75. The summed E-state index contributed by atoms with van der Waals surface area (Å²) in [5.74, 6) is -1.28. The minimum atomic E-state index is -3.75. The van der Waals surface area contributed by atoms with Gasteiger partial charge in [-0.2, -0.15) is 4.31 Å². The Labute approximate surface area is 177 Å². The molecule has 0 aliphatic carbocycles. The molecule has 2 aromatic carbocycles. The Morgan fingerprint density at radius 1 is 1.00 bits per heavy atom. The van der Waals surface area contributed by atoms with Gasteiger partial charge >= 0.3 is 0 Å². The van der Waals surface area contributed by atoms with Crippen molar-refractivity contribution in [2.45, 2.75) is 32.6 Å². The Hall–Kier alpha value is -2.91. The Morgan fingerprint density at radius 2 is 1.60 bits per heavy atom. The highest BCUT2D eigenvalue weighted by molar-refractivity contribution is 7.89. The number of sulfonamides is 1. The number of hydrogen-bond acceptors (Lipinski definition) is 5. The third kappa shape index (κ3) is 5.58. The number of phenolic OH excluding ortho intramolecular Hbond substituents is 1. The maximum atomic E-state index is 12.6. The van der Waals surface area contributed by atoms with E-state index in [4.69, 9.17) is 0 Å². The van der Waals surface area contributed by atoms with Crippen molar-refractivity contribution in [3.63, 3.8) is 0 Å². The number of nitrogens with one attached hydrogen (secondary N) is 2. The molecule has 2 aromatic rings. The van der Waals surface area contributed by atoms with E-state index in [1.807, 2.05) is 19.9 Å². The second-order valence-corrected chi connectivity index (χ2v) is 8.81. The molecule has 8 nitrogen and oxygen atoms in total. The highest BCUT2D eigenvalue weighted by Gasteiger charge is 2.23. The fourth-order valence-corrected chi connectivity index (χ4v) is 4.54. The highest BCUT2D eigenvalue weighted by Crippen LogP contribution is 2.28. The molecule has 0 aromatic heterocycles. The molecular weight excluding hydrogens is 406 g/mol. The summed E-state index contributed by atoms with van der Waals surface area (Å²) in [5, 5.41) is 15.0. The third-order valence-corrected chi connectivity index (χ3v) is 6.52. The van der Waals surface area contributed by atoms with E-state index in [0.29, 0.717) is 18.7 Å². The molecule has 0 aliphatic rings. The smallest absolute Gasteiger partial charge is 0.251 e. The van der Waals surface area contributed by atoms with Crippen LogP contribution in [-0.4, -0.2) is 49.3 Å². The van der Waals surface area contributed by atoms with Crippen molar-refractivity contribution < 1.29 is 23.1 Å². The summed E-state index contributed by atoms with van der Waals surface area (Å²) < 4.78 is 26.6. The molecule has 0 fully saturated rings. The average molecular weight is 434 g/mol. The normalized spacial score (nSPS) is 11.4. The maximum Gasteiger partial charge on any atom is 0.251 e. The SMILES string of the molecule is CCN(CC)S(=O)(=O)c1ccc(O)c(NC(=O)CNC(=O)c2cc(C)cc(C)c2)c1. The molecule has 0 saturated heterocycles. The van der Waals surface area contributed by atoms with Gasteiger partial charge in [0.25, 0.3) is 5.91 Å². The first-order valence-electron chi connectivity index (χ1n) is 9.58. The number of carbonyl (C=O) groups excluding carboxylic acids is 2. The lowest BCUT2D eigenvalue weighted by molar-refractivity contribution is -0.115. The third-order valence-electron chi connectivity index (χ3n) is 4.48. The fourth-order valence-electron chi connectivity index (χ4n) is 3.05. The summed E-state index contributed by atoms with van der Waals surface area (Å²) in [6.45, 7) is 7.46. The Bertz CT molecular complexity index is 1030. The topological polar surface area (TPSA) is 116 Å². The first kappa shape index (κ1) is 23.4. The second kappa shape index (κ2) is 9.73. The van der Waals surface area contributed by atoms with Crippen molar-refractivity contribution in [3.05, 3.63) is 53.1 Å². The van der Waals surface area contributed by atoms with Crippen LogP contribution in [0.5, 0.6) is 5.75 Å². The van der Waals surface area contributed by atoms with Gasteiger partial charge in [0.15, 0.2) is 0 Å². The maximum absolute atomic E-state index is 12.6. The van der Waals surface area contributed by atoms with Crippen molar-refractivity contribution >= 4 is 27.5 Å². The largest absolute Gasteiger partial charge is 0.506 e. The Morgan fingerprint density at radius 3 is 2.17 bits per heavy atom. The van der Waals surface area contributed by atoms with Crippen LogP contribution in [0.3, 0.4) is 0 Å². The zero-order chi connectivity index (χ0) is 22.5. The lowest BCUT2D eigenvalue weighted by Crippen LogP contribution is -2.33. The predicted molar refractivity (Wildman–Crippen MR) is 115 cm³/mol. The van der Waals surface area contributed by atoms with Gasteiger partial charge in [-0.15, -0.1) is 0 Å². The number of phenols is 1. The summed E-state index contributed by atoms with van der Waals surface area (Å²) in [6.07, 6.45) is 0. The van der Waals surface area contributed by atoms with E-state index >= 15 is 0 Å². The van der Waals surface area contributed by atoms with E-state index in [-0.39, 0.29) is 22.9 Å². The lowest BCUT2D eigenvalue weighted by Gasteiger charge is -2.19. The van der Waals surface area contributed by atoms with Crippen LogP contribution < -0.4 is 10.6 Å². The van der Waals surface area contributed by atoms with E-state index in [2.05, 4.69) is 10.6 Å². The van der Waals surface area contributed by atoms with Crippen LogP contribution in [0.2, 0.25) is 0 Å². The zero-order valence-electron chi connectivity index (χ0n) is 17.5. The average Bonchev–Trinajstić information content (AvgIpc) is 2.67. The summed E-state index contributed by atoms with van der Waals surface area (Å²) in [5.41, 5.74) is 2.26. The number of amides is 2. The van der Waals surface area contributed by atoms with E-state index in [9.17, 15) is 23.1 Å². The van der Waals surface area contributed by atoms with Gasteiger partial charge in [-0.1, -0.05) is 31.0 Å². The van der Waals surface area contributed by atoms with Crippen LogP contribution in [0, 0.1) is 13.8 Å². The number of carbonyl (C=O) groups is 2. The second-order valence-electron chi connectivity index (χ2n) is 6.88. The quantitative estimate of drug-likeness (QED) is 0.553. The van der Waals surface area contributed by atoms with Gasteiger partial charge in [0, 0.05) is 18.7 Å². The number of aryl methyl sites for hydroxylation is 2. The van der Waals surface area contributed by atoms with E-state index < -0.39 is 21.8 Å². The van der Waals surface area contributed by atoms with E-state index in [1.54, 1.807) is 26.0 Å². The van der Waals surface area contributed by atoms with Gasteiger partial charge in [-0.05, 0) is 44.2 Å². The molecule has 0 radical (unpaired) electrons. The Balaban J connectivity index is 2.10. The first-order valence-corrected chi connectivity index (χ1v) is 11.0. The molecule has 0 bridgehead atoms. The van der Waals surface area contributed by atoms with E-state index in [1.165, 1.54) is 22.5 Å². The summed E-state index contributed by atoms with van der Waals surface area (Å²) in [4.78, 5) is 24.5.